The maximum atomic E-state index is 11.4. The van der Waals surface area contributed by atoms with Crippen LogP contribution >= 0.6 is 0 Å². The van der Waals surface area contributed by atoms with Gasteiger partial charge in [0.1, 0.15) is 23.0 Å². The van der Waals surface area contributed by atoms with Crippen molar-refractivity contribution in [2.75, 3.05) is 7.11 Å². The van der Waals surface area contributed by atoms with Gasteiger partial charge in [0.05, 0.1) is 13.0 Å². The van der Waals surface area contributed by atoms with E-state index in [4.69, 9.17) is 9.47 Å². The molecule has 0 aromatic heterocycles. The fraction of sp³-hybridized carbons (Fsp3) is 0.0741. The first-order chi connectivity index (χ1) is 15.5. The maximum absolute atomic E-state index is 11.4. The summed E-state index contributed by atoms with van der Waals surface area (Å²) < 4.78 is 11.6. The Morgan fingerprint density at radius 2 is 1.62 bits per heavy atom. The monoisotopic (exact) mass is 426 g/mol. The predicted octanol–water partition coefficient (Wildman–Crippen LogP) is 6.37. The second kappa shape index (κ2) is 8.86. The summed E-state index contributed by atoms with van der Waals surface area (Å²) in [5.74, 6) is 0.404. The van der Waals surface area contributed by atoms with E-state index in [1.54, 1.807) is 43.5 Å². The SMILES string of the molecule is C=CC(C(=O)O)c1ccc(Oc2c(-c3ccc(OC)cc3)ccc3cc(O)ccc23)cc1. The number of fused-ring (bicyclic) bond motifs is 1. The molecule has 32 heavy (non-hydrogen) atoms. The molecule has 4 rings (SSSR count). The number of hydrogen-bond acceptors (Lipinski definition) is 4. The number of carbonyl (C=O) groups is 1. The van der Waals surface area contributed by atoms with Crippen LogP contribution in [-0.2, 0) is 4.79 Å². The molecule has 0 fully saturated rings. The lowest BCUT2D eigenvalue weighted by Gasteiger charge is -2.16. The van der Waals surface area contributed by atoms with E-state index >= 15 is 0 Å². The summed E-state index contributed by atoms with van der Waals surface area (Å²) >= 11 is 0. The van der Waals surface area contributed by atoms with Crippen LogP contribution in [0.5, 0.6) is 23.0 Å². The molecule has 2 N–H and O–H groups in total. The number of ether oxygens (including phenoxy) is 2. The Balaban J connectivity index is 1.79. The molecule has 0 bridgehead atoms. The van der Waals surface area contributed by atoms with Crippen molar-refractivity contribution in [1.29, 1.82) is 0 Å². The Hall–Kier alpha value is -4.25. The van der Waals surface area contributed by atoms with Crippen LogP contribution in [0.3, 0.4) is 0 Å². The lowest BCUT2D eigenvalue weighted by Crippen LogP contribution is -2.08. The lowest BCUT2D eigenvalue weighted by molar-refractivity contribution is -0.137. The predicted molar refractivity (Wildman–Crippen MR) is 125 cm³/mol. The highest BCUT2D eigenvalue weighted by Crippen LogP contribution is 2.41. The van der Waals surface area contributed by atoms with Crippen molar-refractivity contribution in [1.82, 2.24) is 0 Å². The van der Waals surface area contributed by atoms with Crippen LogP contribution in [0.25, 0.3) is 21.9 Å². The van der Waals surface area contributed by atoms with Gasteiger partial charge in [0, 0.05) is 10.9 Å². The fourth-order valence-corrected chi connectivity index (χ4v) is 3.64. The van der Waals surface area contributed by atoms with E-state index in [-0.39, 0.29) is 5.75 Å². The van der Waals surface area contributed by atoms with Gasteiger partial charge in [-0.3, -0.25) is 4.79 Å². The smallest absolute Gasteiger partial charge is 0.314 e. The number of methoxy groups -OCH3 is 1. The number of hydrogen-bond donors (Lipinski definition) is 2. The van der Waals surface area contributed by atoms with Gasteiger partial charge in [0.25, 0.3) is 0 Å². The van der Waals surface area contributed by atoms with Crippen molar-refractivity contribution in [2.45, 2.75) is 5.92 Å². The zero-order valence-electron chi connectivity index (χ0n) is 17.5. The number of benzene rings is 4. The average molecular weight is 426 g/mol. The summed E-state index contributed by atoms with van der Waals surface area (Å²) in [7, 11) is 1.62. The van der Waals surface area contributed by atoms with Crippen molar-refractivity contribution in [3.63, 3.8) is 0 Å². The van der Waals surface area contributed by atoms with Crippen LogP contribution in [0.4, 0.5) is 0 Å². The van der Waals surface area contributed by atoms with Gasteiger partial charge < -0.3 is 19.7 Å². The number of aliphatic carboxylic acids is 1. The fourth-order valence-electron chi connectivity index (χ4n) is 3.64. The van der Waals surface area contributed by atoms with Gasteiger partial charge >= 0.3 is 5.97 Å². The van der Waals surface area contributed by atoms with Gasteiger partial charge in [0.2, 0.25) is 0 Å². The zero-order chi connectivity index (χ0) is 22.7. The van der Waals surface area contributed by atoms with Crippen LogP contribution in [0.2, 0.25) is 0 Å². The molecule has 0 amide bonds. The topological polar surface area (TPSA) is 76.0 Å². The molecule has 0 radical (unpaired) electrons. The number of rotatable bonds is 7. The van der Waals surface area contributed by atoms with Crippen molar-refractivity contribution in [3.05, 3.63) is 97.1 Å². The minimum absolute atomic E-state index is 0.175. The summed E-state index contributed by atoms with van der Waals surface area (Å²) in [6.07, 6.45) is 1.40. The Morgan fingerprint density at radius 3 is 2.25 bits per heavy atom. The third-order valence-electron chi connectivity index (χ3n) is 5.32. The molecular formula is C27H22O5. The van der Waals surface area contributed by atoms with E-state index in [1.165, 1.54) is 6.08 Å². The molecule has 0 spiro atoms. The van der Waals surface area contributed by atoms with Crippen LogP contribution in [-0.4, -0.2) is 23.3 Å². The van der Waals surface area contributed by atoms with E-state index in [0.717, 1.165) is 27.6 Å². The number of phenols is 1. The van der Waals surface area contributed by atoms with E-state index < -0.39 is 11.9 Å². The third-order valence-corrected chi connectivity index (χ3v) is 5.32. The summed E-state index contributed by atoms with van der Waals surface area (Å²) in [5, 5.41) is 20.9. The Morgan fingerprint density at radius 1 is 0.938 bits per heavy atom. The molecule has 5 nitrogen and oxygen atoms in total. The van der Waals surface area contributed by atoms with Gasteiger partial charge in [-0.1, -0.05) is 36.4 Å². The molecule has 1 unspecified atom stereocenters. The highest BCUT2D eigenvalue weighted by molar-refractivity contribution is 5.96. The van der Waals surface area contributed by atoms with Crippen molar-refractivity contribution in [3.8, 4) is 34.1 Å². The molecule has 0 aliphatic carbocycles. The van der Waals surface area contributed by atoms with Crippen LogP contribution in [0.1, 0.15) is 11.5 Å². The molecule has 160 valence electrons. The first-order valence-electron chi connectivity index (χ1n) is 10.0. The highest BCUT2D eigenvalue weighted by atomic mass is 16.5. The largest absolute Gasteiger partial charge is 0.508 e. The molecule has 0 saturated heterocycles. The van der Waals surface area contributed by atoms with E-state index in [2.05, 4.69) is 6.58 Å². The van der Waals surface area contributed by atoms with Crippen LogP contribution in [0.15, 0.2) is 91.5 Å². The van der Waals surface area contributed by atoms with Gasteiger partial charge in [-0.15, -0.1) is 6.58 Å². The number of carboxylic acids is 1. The average Bonchev–Trinajstić information content (AvgIpc) is 2.80. The van der Waals surface area contributed by atoms with Crippen molar-refractivity contribution >= 4 is 16.7 Å². The Labute approximate surface area is 185 Å². The normalized spacial score (nSPS) is 11.7. The minimum Gasteiger partial charge on any atom is -0.508 e. The van der Waals surface area contributed by atoms with E-state index in [1.807, 2.05) is 42.5 Å². The second-order valence-corrected chi connectivity index (χ2v) is 7.30. The molecule has 4 aromatic carbocycles. The molecule has 4 aromatic rings. The zero-order valence-corrected chi connectivity index (χ0v) is 17.5. The van der Waals surface area contributed by atoms with E-state index in [9.17, 15) is 15.0 Å². The quantitative estimate of drug-likeness (QED) is 0.336. The minimum atomic E-state index is -0.954. The van der Waals surface area contributed by atoms with Crippen molar-refractivity contribution < 1.29 is 24.5 Å². The second-order valence-electron chi connectivity index (χ2n) is 7.30. The summed E-state index contributed by atoms with van der Waals surface area (Å²) in [6.45, 7) is 3.61. The first kappa shape index (κ1) is 21.0. The molecule has 1 atom stereocenters. The van der Waals surface area contributed by atoms with Crippen molar-refractivity contribution in [2.24, 2.45) is 0 Å². The standard InChI is InChI=1S/C27H22O5/c1-3-23(27(29)30)17-6-12-22(13-7-17)32-26-24(18-4-10-21(31-2)11-5-18)14-8-19-16-20(28)9-15-25(19)26/h3-16,23,28H,1H2,2H3,(H,29,30). The van der Waals surface area contributed by atoms with Crippen LogP contribution in [0, 0.1) is 0 Å². The molecule has 0 saturated carbocycles. The molecule has 0 aliphatic rings. The van der Waals surface area contributed by atoms with Gasteiger partial charge in [-0.25, -0.2) is 0 Å². The van der Waals surface area contributed by atoms with Gasteiger partial charge in [0.15, 0.2) is 0 Å². The Kier molecular flexibility index (Phi) is 5.81. The first-order valence-corrected chi connectivity index (χ1v) is 10.0. The third kappa shape index (κ3) is 4.14. The summed E-state index contributed by atoms with van der Waals surface area (Å²) in [4.78, 5) is 11.4. The summed E-state index contributed by atoms with van der Waals surface area (Å²) in [5.41, 5.74) is 2.45. The van der Waals surface area contributed by atoms with Crippen LogP contribution < -0.4 is 9.47 Å². The lowest BCUT2D eigenvalue weighted by atomic mass is 9.98. The molecular weight excluding hydrogens is 404 g/mol. The maximum Gasteiger partial charge on any atom is 0.314 e. The van der Waals surface area contributed by atoms with Gasteiger partial charge in [-0.2, -0.15) is 0 Å². The Bertz CT molecular complexity index is 1270. The van der Waals surface area contributed by atoms with E-state index in [0.29, 0.717) is 17.1 Å². The number of phenolic OH excluding ortho intramolecular Hbond substituents is 1. The molecule has 5 heteroatoms. The molecule has 0 aliphatic heterocycles. The highest BCUT2D eigenvalue weighted by Gasteiger charge is 2.17. The summed E-state index contributed by atoms with van der Waals surface area (Å²) in [6, 6.07) is 23.6. The number of aromatic hydroxyl groups is 1. The van der Waals surface area contributed by atoms with Gasteiger partial charge in [-0.05, 0) is 65.0 Å². The number of carboxylic acid groups (broad SMARTS) is 1. The molecule has 0 heterocycles.